The first-order chi connectivity index (χ1) is 18.2. The van der Waals surface area contributed by atoms with Gasteiger partial charge in [-0.3, -0.25) is 9.69 Å². The van der Waals surface area contributed by atoms with Gasteiger partial charge in [0.2, 0.25) is 0 Å². The van der Waals surface area contributed by atoms with Crippen LogP contribution in [0.5, 0.6) is 0 Å². The minimum atomic E-state index is -0.138. The number of fused-ring (bicyclic) bond motifs is 1. The molecule has 0 bridgehead atoms. The molecule has 1 saturated carbocycles. The third-order valence-electron chi connectivity index (χ3n) is 8.79. The van der Waals surface area contributed by atoms with Gasteiger partial charge in [-0.1, -0.05) is 39.8 Å². The van der Waals surface area contributed by atoms with E-state index in [1.165, 1.54) is 12.8 Å². The molecule has 2 aromatic rings. The van der Waals surface area contributed by atoms with Crippen molar-refractivity contribution in [1.82, 2.24) is 4.90 Å². The van der Waals surface area contributed by atoms with Gasteiger partial charge in [-0.05, 0) is 114 Å². The Morgan fingerprint density at radius 2 is 1.69 bits per heavy atom. The molecule has 0 aliphatic heterocycles. The summed E-state index contributed by atoms with van der Waals surface area (Å²) in [7, 11) is 0. The largest absolute Gasteiger partial charge is 0.378 e. The number of benzene rings is 2. The number of carbonyl (C=O) groups is 1. The van der Waals surface area contributed by atoms with E-state index >= 15 is 0 Å². The highest BCUT2D eigenvalue weighted by Crippen LogP contribution is 2.45. The van der Waals surface area contributed by atoms with Crippen molar-refractivity contribution in [3.63, 3.8) is 0 Å². The number of ketones is 1. The Morgan fingerprint density at radius 3 is 2.31 bits per heavy atom. The number of ether oxygens (including phenoxy) is 1. The van der Waals surface area contributed by atoms with Crippen molar-refractivity contribution in [3.05, 3.63) is 53.6 Å². The van der Waals surface area contributed by atoms with Gasteiger partial charge < -0.3 is 15.4 Å². The Kier molecular flexibility index (Phi) is 8.54. The van der Waals surface area contributed by atoms with Crippen LogP contribution in [0.2, 0.25) is 0 Å². The molecule has 0 spiro atoms. The van der Waals surface area contributed by atoms with Crippen molar-refractivity contribution < 1.29 is 9.53 Å². The highest BCUT2D eigenvalue weighted by atomic mass is 16.5. The SMILES string of the molecule is CCN(CC1CC1)C1C(=O)c2ccc(Nc3ccccc3NC(C)(C)CCOC(C)(C)C)cc2C(C)(C)[C@H]1C. The van der Waals surface area contributed by atoms with Gasteiger partial charge in [-0.2, -0.15) is 0 Å². The maximum Gasteiger partial charge on any atom is 0.180 e. The minimum Gasteiger partial charge on any atom is -0.378 e. The standard InChI is InChI=1S/C34H51N3O2/c1-10-37(22-24-15-16-24)30-23(2)34(8,9)27-21-25(17-18-26(27)31(30)38)35-28-13-11-12-14-29(28)36-33(6,7)19-20-39-32(3,4)5/h11-14,17-18,21,23-24,30,35-36H,10,15-16,19-20,22H2,1-9H3/t23-,30?/m0/s1. The van der Waals surface area contributed by atoms with Gasteiger partial charge in [0, 0.05) is 29.9 Å². The zero-order chi connectivity index (χ0) is 28.6. The number of hydrogen-bond donors (Lipinski definition) is 2. The minimum absolute atomic E-state index is 0.0497. The van der Waals surface area contributed by atoms with E-state index in [4.69, 9.17) is 4.74 Å². The molecule has 0 heterocycles. The number of hydrogen-bond acceptors (Lipinski definition) is 5. The smallest absolute Gasteiger partial charge is 0.180 e. The number of Topliss-reactive ketones (excluding diaryl/α,β-unsaturated/α-hetero) is 1. The molecular weight excluding hydrogens is 482 g/mol. The summed E-state index contributed by atoms with van der Waals surface area (Å²) in [6, 6.07) is 14.6. The van der Waals surface area contributed by atoms with Crippen LogP contribution in [0.15, 0.2) is 42.5 Å². The maximum absolute atomic E-state index is 13.9. The lowest BCUT2D eigenvalue weighted by atomic mass is 9.63. The van der Waals surface area contributed by atoms with Crippen LogP contribution in [0, 0.1) is 11.8 Å². The van der Waals surface area contributed by atoms with E-state index in [2.05, 4.69) is 120 Å². The second-order valence-corrected chi connectivity index (χ2v) is 14.0. The number of para-hydroxylation sites is 2. The topological polar surface area (TPSA) is 53.6 Å². The van der Waals surface area contributed by atoms with Gasteiger partial charge in [0.05, 0.1) is 23.0 Å². The van der Waals surface area contributed by atoms with Crippen LogP contribution in [-0.2, 0) is 10.2 Å². The number of likely N-dealkylation sites (N-methyl/N-ethyl adjacent to an activating group) is 1. The second-order valence-electron chi connectivity index (χ2n) is 14.0. The van der Waals surface area contributed by atoms with E-state index in [0.717, 1.165) is 53.6 Å². The second kappa shape index (κ2) is 11.2. The molecule has 2 aliphatic carbocycles. The van der Waals surface area contributed by atoms with Crippen molar-refractivity contribution in [2.75, 3.05) is 30.3 Å². The van der Waals surface area contributed by atoms with Crippen molar-refractivity contribution in [2.45, 2.75) is 104 Å². The predicted molar refractivity (Wildman–Crippen MR) is 164 cm³/mol. The lowest BCUT2D eigenvalue weighted by molar-refractivity contribution is -0.00846. The molecule has 1 unspecified atom stereocenters. The van der Waals surface area contributed by atoms with Crippen LogP contribution in [0.4, 0.5) is 17.1 Å². The van der Waals surface area contributed by atoms with Crippen LogP contribution in [-0.4, -0.2) is 47.6 Å². The summed E-state index contributed by atoms with van der Waals surface area (Å²) < 4.78 is 5.98. The predicted octanol–water partition coefficient (Wildman–Crippen LogP) is 8.04. The number of anilines is 3. The number of nitrogens with zero attached hydrogens (tertiary/aromatic N) is 1. The van der Waals surface area contributed by atoms with Gasteiger partial charge in [-0.25, -0.2) is 0 Å². The molecule has 0 amide bonds. The molecule has 5 heteroatoms. The lowest BCUT2D eigenvalue weighted by Gasteiger charge is -2.47. The Balaban J connectivity index is 1.55. The summed E-state index contributed by atoms with van der Waals surface area (Å²) in [5, 5.41) is 7.39. The fourth-order valence-electron chi connectivity index (χ4n) is 5.85. The van der Waals surface area contributed by atoms with Crippen LogP contribution < -0.4 is 10.6 Å². The molecule has 2 aromatic carbocycles. The molecule has 0 aromatic heterocycles. The summed E-state index contributed by atoms with van der Waals surface area (Å²) in [4.78, 5) is 16.3. The van der Waals surface area contributed by atoms with Crippen LogP contribution in [0.1, 0.15) is 97.5 Å². The lowest BCUT2D eigenvalue weighted by Crippen LogP contribution is -2.55. The van der Waals surface area contributed by atoms with E-state index in [1.807, 2.05) is 0 Å². The third kappa shape index (κ3) is 7.05. The Hall–Kier alpha value is -2.37. The first-order valence-electron chi connectivity index (χ1n) is 14.9. The summed E-state index contributed by atoms with van der Waals surface area (Å²) in [6.45, 7) is 22.4. The molecule has 2 N–H and O–H groups in total. The van der Waals surface area contributed by atoms with Gasteiger partial charge >= 0.3 is 0 Å². The molecule has 2 atom stereocenters. The summed E-state index contributed by atoms with van der Waals surface area (Å²) >= 11 is 0. The van der Waals surface area contributed by atoms with Crippen LogP contribution in [0.25, 0.3) is 0 Å². The monoisotopic (exact) mass is 533 g/mol. The van der Waals surface area contributed by atoms with Gasteiger partial charge in [-0.15, -0.1) is 0 Å². The van der Waals surface area contributed by atoms with E-state index < -0.39 is 0 Å². The quantitative estimate of drug-likeness (QED) is 0.306. The Morgan fingerprint density at radius 1 is 1.03 bits per heavy atom. The number of nitrogens with one attached hydrogen (secondary N) is 2. The Bertz CT molecular complexity index is 1160. The summed E-state index contributed by atoms with van der Waals surface area (Å²) in [5.74, 6) is 1.29. The maximum atomic E-state index is 13.9. The molecule has 0 radical (unpaired) electrons. The average molecular weight is 534 g/mol. The zero-order valence-electron chi connectivity index (χ0n) is 25.8. The normalized spacial score (nSPS) is 21.1. The van der Waals surface area contributed by atoms with Gasteiger partial charge in [0.1, 0.15) is 0 Å². The Labute approximate surface area is 237 Å². The number of rotatable bonds is 11. The fraction of sp³-hybridized carbons (Fsp3) is 0.618. The zero-order valence-corrected chi connectivity index (χ0v) is 25.8. The van der Waals surface area contributed by atoms with E-state index in [1.54, 1.807) is 0 Å². The summed E-state index contributed by atoms with van der Waals surface area (Å²) in [5.41, 5.74) is 4.73. The molecule has 1 fully saturated rings. The van der Waals surface area contributed by atoms with E-state index in [0.29, 0.717) is 6.61 Å². The molecule has 39 heavy (non-hydrogen) atoms. The van der Waals surface area contributed by atoms with Gasteiger partial charge in [0.25, 0.3) is 0 Å². The fourth-order valence-corrected chi connectivity index (χ4v) is 5.85. The highest BCUT2D eigenvalue weighted by Gasteiger charge is 2.47. The van der Waals surface area contributed by atoms with Crippen molar-refractivity contribution in [3.8, 4) is 0 Å². The summed E-state index contributed by atoms with van der Waals surface area (Å²) in [6.07, 6.45) is 3.50. The molecule has 0 saturated heterocycles. The van der Waals surface area contributed by atoms with Crippen LogP contribution in [0.3, 0.4) is 0 Å². The molecule has 4 rings (SSSR count). The molecule has 5 nitrogen and oxygen atoms in total. The van der Waals surface area contributed by atoms with Crippen molar-refractivity contribution in [1.29, 1.82) is 0 Å². The number of carbonyl (C=O) groups excluding carboxylic acids is 1. The van der Waals surface area contributed by atoms with E-state index in [-0.39, 0.29) is 34.3 Å². The first-order valence-corrected chi connectivity index (χ1v) is 14.9. The van der Waals surface area contributed by atoms with E-state index in [9.17, 15) is 4.79 Å². The third-order valence-corrected chi connectivity index (χ3v) is 8.79. The van der Waals surface area contributed by atoms with Crippen molar-refractivity contribution in [2.24, 2.45) is 11.8 Å². The molecule has 2 aliphatic rings. The highest BCUT2D eigenvalue weighted by molar-refractivity contribution is 6.04. The molecular formula is C34H51N3O2. The van der Waals surface area contributed by atoms with Crippen LogP contribution >= 0.6 is 0 Å². The van der Waals surface area contributed by atoms with Gasteiger partial charge in [0.15, 0.2) is 5.78 Å². The molecule has 214 valence electrons. The van der Waals surface area contributed by atoms with Crippen molar-refractivity contribution >= 4 is 22.8 Å². The average Bonchev–Trinajstić information content (AvgIpc) is 3.66. The first kappa shape index (κ1) is 29.6.